The molecule has 1 heterocycles. The molecule has 0 amide bonds. The molecule has 1 saturated heterocycles. The van der Waals surface area contributed by atoms with Gasteiger partial charge in [-0.05, 0) is 66.3 Å². The van der Waals surface area contributed by atoms with Crippen LogP contribution in [0.2, 0.25) is 0 Å². The van der Waals surface area contributed by atoms with E-state index < -0.39 is 0 Å². The predicted molar refractivity (Wildman–Crippen MR) is 89.4 cm³/mol. The van der Waals surface area contributed by atoms with Crippen molar-refractivity contribution in [3.05, 3.63) is 25.6 Å². The summed E-state index contributed by atoms with van der Waals surface area (Å²) in [5.41, 5.74) is 0.237. The maximum absolute atomic E-state index is 5.72. The minimum absolute atomic E-state index is 0.237. The highest BCUT2D eigenvalue weighted by molar-refractivity contribution is 9.14. The van der Waals surface area contributed by atoms with Crippen LogP contribution in [0.1, 0.15) is 13.3 Å². The molecule has 0 N–H and O–H groups in total. The fraction of sp³-hybridized carbons (Fsp3) is 0.571. The Morgan fingerprint density at radius 2 is 1.90 bits per heavy atom. The van der Waals surface area contributed by atoms with E-state index in [0.29, 0.717) is 13.2 Å². The summed E-state index contributed by atoms with van der Waals surface area (Å²) < 4.78 is 19.5. The van der Waals surface area contributed by atoms with Gasteiger partial charge in [0.05, 0.1) is 30.9 Å². The van der Waals surface area contributed by atoms with Crippen molar-refractivity contribution in [2.45, 2.75) is 13.3 Å². The zero-order chi connectivity index (χ0) is 14.6. The van der Waals surface area contributed by atoms with E-state index in [1.807, 2.05) is 12.1 Å². The first-order valence-corrected chi connectivity index (χ1v) is 8.88. The van der Waals surface area contributed by atoms with E-state index in [1.165, 1.54) is 0 Å². The van der Waals surface area contributed by atoms with E-state index in [2.05, 4.69) is 54.7 Å². The van der Waals surface area contributed by atoms with E-state index >= 15 is 0 Å². The highest BCUT2D eigenvalue weighted by Gasteiger charge is 2.36. The lowest BCUT2D eigenvalue weighted by Crippen LogP contribution is -2.45. The fourth-order valence-corrected chi connectivity index (χ4v) is 3.28. The molecule has 6 heteroatoms. The Bertz CT molecular complexity index is 456. The van der Waals surface area contributed by atoms with Crippen molar-refractivity contribution >= 4 is 47.8 Å². The van der Waals surface area contributed by atoms with Crippen LogP contribution in [-0.2, 0) is 9.47 Å². The summed E-state index contributed by atoms with van der Waals surface area (Å²) >= 11 is 10.4. The lowest BCUT2D eigenvalue weighted by molar-refractivity contribution is -0.151. The molecule has 3 nitrogen and oxygen atoms in total. The molecular formula is C14H17Br3O3. The zero-order valence-corrected chi connectivity index (χ0v) is 16.0. The molecule has 0 unspecified atom stereocenters. The number of hydrogen-bond acceptors (Lipinski definition) is 3. The largest absolute Gasteiger partial charge is 0.490 e. The van der Waals surface area contributed by atoms with Gasteiger partial charge >= 0.3 is 0 Å². The molecule has 112 valence electrons. The monoisotopic (exact) mass is 470 g/mol. The van der Waals surface area contributed by atoms with E-state index in [-0.39, 0.29) is 5.41 Å². The molecule has 0 aromatic heterocycles. The van der Waals surface area contributed by atoms with Gasteiger partial charge in [-0.3, -0.25) is 0 Å². The molecule has 20 heavy (non-hydrogen) atoms. The number of rotatable bonds is 7. The van der Waals surface area contributed by atoms with Crippen LogP contribution < -0.4 is 4.74 Å². The van der Waals surface area contributed by atoms with E-state index in [0.717, 1.165) is 45.4 Å². The average Bonchev–Trinajstić information content (AvgIpc) is 2.41. The van der Waals surface area contributed by atoms with Gasteiger partial charge in [-0.2, -0.15) is 0 Å². The summed E-state index contributed by atoms with van der Waals surface area (Å²) in [4.78, 5) is 0. The van der Waals surface area contributed by atoms with Crippen LogP contribution in [0.15, 0.2) is 25.6 Å². The second-order valence-electron chi connectivity index (χ2n) is 4.92. The molecule has 0 aliphatic carbocycles. The maximum atomic E-state index is 5.72. The van der Waals surface area contributed by atoms with Gasteiger partial charge in [-0.15, -0.1) is 0 Å². The highest BCUT2D eigenvalue weighted by Crippen LogP contribution is 2.37. The highest BCUT2D eigenvalue weighted by atomic mass is 79.9. The Hall–Kier alpha value is 0.380. The molecule has 0 bridgehead atoms. The van der Waals surface area contributed by atoms with Crippen LogP contribution >= 0.6 is 47.8 Å². The number of halogens is 3. The third-order valence-corrected chi connectivity index (χ3v) is 6.80. The molecule has 1 fully saturated rings. The molecule has 1 aliphatic rings. The van der Waals surface area contributed by atoms with Gasteiger partial charge < -0.3 is 14.2 Å². The Morgan fingerprint density at radius 1 is 1.15 bits per heavy atom. The number of benzene rings is 1. The van der Waals surface area contributed by atoms with Gasteiger partial charge in [-0.25, -0.2) is 0 Å². The second kappa shape index (κ2) is 7.58. The van der Waals surface area contributed by atoms with Gasteiger partial charge in [0.15, 0.2) is 0 Å². The molecule has 1 aliphatic heterocycles. The Morgan fingerprint density at radius 3 is 2.50 bits per heavy atom. The molecule has 2 rings (SSSR count). The quantitative estimate of drug-likeness (QED) is 0.421. The third-order valence-electron chi connectivity index (χ3n) is 3.46. The first kappa shape index (κ1) is 16.7. The molecule has 0 spiro atoms. The minimum atomic E-state index is 0.237. The lowest BCUT2D eigenvalue weighted by atomic mass is 9.84. The van der Waals surface area contributed by atoms with Crippen LogP contribution in [0, 0.1) is 5.41 Å². The van der Waals surface area contributed by atoms with E-state index in [1.54, 1.807) is 0 Å². The third kappa shape index (κ3) is 3.97. The van der Waals surface area contributed by atoms with Crippen molar-refractivity contribution in [2.75, 3.05) is 33.0 Å². The number of hydrogen-bond donors (Lipinski definition) is 0. The summed E-state index contributed by atoms with van der Waals surface area (Å²) in [5.74, 6) is 0.806. The van der Waals surface area contributed by atoms with E-state index in [9.17, 15) is 0 Å². The van der Waals surface area contributed by atoms with Crippen molar-refractivity contribution in [3.8, 4) is 5.75 Å². The van der Waals surface area contributed by atoms with E-state index in [4.69, 9.17) is 14.2 Å². The first-order chi connectivity index (χ1) is 9.58. The number of ether oxygens (including phenoxy) is 3. The predicted octanol–water partition coefficient (Wildman–Crippen LogP) is 4.80. The Labute approximate surface area is 144 Å². The molecule has 0 saturated carbocycles. The van der Waals surface area contributed by atoms with Crippen molar-refractivity contribution in [3.63, 3.8) is 0 Å². The molecule has 0 radical (unpaired) electrons. The van der Waals surface area contributed by atoms with Crippen molar-refractivity contribution in [2.24, 2.45) is 5.41 Å². The molecule has 1 aromatic carbocycles. The maximum Gasteiger partial charge on any atom is 0.134 e. The smallest absolute Gasteiger partial charge is 0.134 e. The standard InChI is InChI=1S/C14H17Br3O3/c1-2-14(8-19-9-14)7-18-5-6-20-11-4-3-10(15)12(16)13(11)17/h3-4H,2,5-9H2,1H3. The van der Waals surface area contributed by atoms with Crippen molar-refractivity contribution < 1.29 is 14.2 Å². The average molecular weight is 473 g/mol. The van der Waals surface area contributed by atoms with Gasteiger partial charge in [0.2, 0.25) is 0 Å². The van der Waals surface area contributed by atoms with Crippen LogP contribution in [0.5, 0.6) is 5.75 Å². The second-order valence-corrected chi connectivity index (χ2v) is 7.36. The molecule has 1 aromatic rings. The first-order valence-electron chi connectivity index (χ1n) is 6.50. The van der Waals surface area contributed by atoms with Crippen LogP contribution in [0.3, 0.4) is 0 Å². The van der Waals surface area contributed by atoms with Crippen molar-refractivity contribution in [1.29, 1.82) is 0 Å². The van der Waals surface area contributed by atoms with Crippen LogP contribution in [0.4, 0.5) is 0 Å². The lowest BCUT2D eigenvalue weighted by Gasteiger charge is -2.40. The van der Waals surface area contributed by atoms with Gasteiger partial charge in [0, 0.05) is 14.4 Å². The molecule has 0 atom stereocenters. The summed E-state index contributed by atoms with van der Waals surface area (Å²) in [6.45, 7) is 5.68. The Kier molecular flexibility index (Phi) is 6.35. The summed E-state index contributed by atoms with van der Waals surface area (Å²) in [6, 6.07) is 3.87. The summed E-state index contributed by atoms with van der Waals surface area (Å²) in [7, 11) is 0. The van der Waals surface area contributed by atoms with Gasteiger partial charge in [0.1, 0.15) is 12.4 Å². The van der Waals surface area contributed by atoms with Crippen molar-refractivity contribution in [1.82, 2.24) is 0 Å². The van der Waals surface area contributed by atoms with Gasteiger partial charge in [-0.1, -0.05) is 6.92 Å². The SMILES string of the molecule is CCC1(COCCOc2ccc(Br)c(Br)c2Br)COC1. The normalized spacial score (nSPS) is 16.8. The minimum Gasteiger partial charge on any atom is -0.490 e. The zero-order valence-electron chi connectivity index (χ0n) is 11.3. The Balaban J connectivity index is 1.72. The fourth-order valence-electron chi connectivity index (χ4n) is 1.90. The van der Waals surface area contributed by atoms with Gasteiger partial charge in [0.25, 0.3) is 0 Å². The van der Waals surface area contributed by atoms with Crippen LogP contribution in [-0.4, -0.2) is 33.0 Å². The molecular weight excluding hydrogens is 456 g/mol. The summed E-state index contributed by atoms with van der Waals surface area (Å²) in [5, 5.41) is 0. The topological polar surface area (TPSA) is 27.7 Å². The summed E-state index contributed by atoms with van der Waals surface area (Å²) in [6.07, 6.45) is 1.10. The van der Waals surface area contributed by atoms with Crippen LogP contribution in [0.25, 0.3) is 0 Å².